The Kier molecular flexibility index (Phi) is 5.13. The summed E-state index contributed by atoms with van der Waals surface area (Å²) in [6.07, 6.45) is 3.36. The van der Waals surface area contributed by atoms with Crippen molar-refractivity contribution in [3.05, 3.63) is 41.7 Å². The van der Waals surface area contributed by atoms with Crippen LogP contribution in [0.2, 0.25) is 0 Å². The lowest BCUT2D eigenvalue weighted by atomic mass is 10.2. The summed E-state index contributed by atoms with van der Waals surface area (Å²) in [5.41, 5.74) is 7.31. The summed E-state index contributed by atoms with van der Waals surface area (Å²) in [4.78, 5) is 15.3. The van der Waals surface area contributed by atoms with Gasteiger partial charge in [-0.05, 0) is 31.5 Å². The minimum atomic E-state index is -0.400. The zero-order valence-electron chi connectivity index (χ0n) is 12.5. The smallest absolute Gasteiger partial charge is 0.344 e. The van der Waals surface area contributed by atoms with E-state index in [9.17, 15) is 4.79 Å². The van der Waals surface area contributed by atoms with E-state index in [4.69, 9.17) is 15.2 Å². The molecule has 1 aromatic heterocycles. The first-order chi connectivity index (χ1) is 10.6. The predicted molar refractivity (Wildman–Crippen MR) is 82.9 cm³/mol. The molecule has 0 aliphatic rings. The molecule has 7 nitrogen and oxygen atoms in total. The number of aromatic nitrogens is 2. The average Bonchev–Trinajstić information content (AvgIpc) is 2.82. The zero-order chi connectivity index (χ0) is 15.9. The van der Waals surface area contributed by atoms with Gasteiger partial charge in [-0.3, -0.25) is 0 Å². The normalized spacial score (nSPS) is 10.8. The van der Waals surface area contributed by atoms with Crippen LogP contribution in [0.4, 0.5) is 5.95 Å². The maximum atomic E-state index is 11.3. The van der Waals surface area contributed by atoms with Gasteiger partial charge in [0.1, 0.15) is 5.75 Å². The van der Waals surface area contributed by atoms with Crippen LogP contribution in [0.3, 0.4) is 0 Å². The lowest BCUT2D eigenvalue weighted by molar-refractivity contribution is -0.145. The molecule has 22 heavy (non-hydrogen) atoms. The Morgan fingerprint density at radius 3 is 3.00 bits per heavy atom. The third kappa shape index (κ3) is 4.34. The number of nitrogen functional groups attached to an aromatic ring is 1. The first-order valence-corrected chi connectivity index (χ1v) is 6.82. The summed E-state index contributed by atoms with van der Waals surface area (Å²) in [5, 5.41) is 4.22. The number of nitrogens with zero attached hydrogens (tertiary/aromatic N) is 3. The van der Waals surface area contributed by atoms with Crippen molar-refractivity contribution in [2.75, 3.05) is 18.9 Å². The van der Waals surface area contributed by atoms with Gasteiger partial charge in [-0.1, -0.05) is 12.1 Å². The number of hydrogen-bond donors (Lipinski definition) is 1. The van der Waals surface area contributed by atoms with E-state index in [1.165, 1.54) is 4.68 Å². The van der Waals surface area contributed by atoms with E-state index in [1.807, 2.05) is 19.1 Å². The van der Waals surface area contributed by atoms with Gasteiger partial charge in [-0.15, -0.1) is 0 Å². The van der Waals surface area contributed by atoms with Crippen LogP contribution in [-0.4, -0.2) is 35.1 Å². The Morgan fingerprint density at radius 2 is 2.32 bits per heavy atom. The topological polar surface area (TPSA) is 91.7 Å². The van der Waals surface area contributed by atoms with Gasteiger partial charge in [0.2, 0.25) is 5.95 Å². The first-order valence-electron chi connectivity index (χ1n) is 6.82. The van der Waals surface area contributed by atoms with Crippen LogP contribution in [0.25, 0.3) is 0 Å². The lowest BCUT2D eigenvalue weighted by Gasteiger charge is -2.06. The molecule has 0 bridgehead atoms. The molecule has 0 unspecified atom stereocenters. The van der Waals surface area contributed by atoms with Gasteiger partial charge >= 0.3 is 5.97 Å². The number of nitrogens with two attached hydrogens (primary N) is 1. The largest absolute Gasteiger partial charge is 0.482 e. The molecule has 0 atom stereocenters. The number of esters is 1. The van der Waals surface area contributed by atoms with Crippen LogP contribution in [0.5, 0.6) is 5.75 Å². The van der Waals surface area contributed by atoms with Gasteiger partial charge in [0.05, 0.1) is 24.7 Å². The van der Waals surface area contributed by atoms with E-state index in [0.29, 0.717) is 18.3 Å². The molecule has 2 rings (SSSR count). The first kappa shape index (κ1) is 15.6. The van der Waals surface area contributed by atoms with Crippen LogP contribution in [0.1, 0.15) is 18.2 Å². The number of anilines is 1. The summed E-state index contributed by atoms with van der Waals surface area (Å²) < 4.78 is 11.6. The van der Waals surface area contributed by atoms with Crippen LogP contribution in [-0.2, 0) is 9.53 Å². The Morgan fingerprint density at radius 1 is 1.50 bits per heavy atom. The van der Waals surface area contributed by atoms with E-state index in [2.05, 4.69) is 10.1 Å². The standard InChI is InChI=1S/C15H18N4O3/c1-3-21-14(20)10-22-13-6-4-5-12(7-13)8-17-19-9-11(2)18-15(19)16/h4-9H,3,10H2,1-2H3,(H2,16,18). The predicted octanol–water partition coefficient (Wildman–Crippen LogP) is 1.60. The number of carbonyl (C=O) groups excluding carboxylic acids is 1. The molecular formula is C15H18N4O3. The molecule has 0 spiro atoms. The minimum Gasteiger partial charge on any atom is -0.482 e. The second-order valence-electron chi connectivity index (χ2n) is 4.50. The molecule has 1 heterocycles. The number of benzene rings is 1. The minimum absolute atomic E-state index is 0.123. The molecule has 0 saturated carbocycles. The van der Waals surface area contributed by atoms with Gasteiger partial charge in [-0.2, -0.15) is 5.10 Å². The van der Waals surface area contributed by atoms with E-state index in [0.717, 1.165) is 11.3 Å². The maximum absolute atomic E-state index is 11.3. The lowest BCUT2D eigenvalue weighted by Crippen LogP contribution is -2.14. The third-order valence-electron chi connectivity index (χ3n) is 2.69. The number of ether oxygens (including phenoxy) is 2. The van der Waals surface area contributed by atoms with E-state index >= 15 is 0 Å². The quantitative estimate of drug-likeness (QED) is 0.646. The molecule has 2 N–H and O–H groups in total. The zero-order valence-corrected chi connectivity index (χ0v) is 12.5. The maximum Gasteiger partial charge on any atom is 0.344 e. The van der Waals surface area contributed by atoms with Gasteiger partial charge in [-0.25, -0.2) is 14.5 Å². The third-order valence-corrected chi connectivity index (χ3v) is 2.69. The van der Waals surface area contributed by atoms with Crippen molar-refractivity contribution in [3.8, 4) is 5.75 Å². The summed E-state index contributed by atoms with van der Waals surface area (Å²) in [5.74, 6) is 0.485. The summed E-state index contributed by atoms with van der Waals surface area (Å²) >= 11 is 0. The van der Waals surface area contributed by atoms with Crippen molar-refractivity contribution in [1.29, 1.82) is 0 Å². The second kappa shape index (κ2) is 7.26. The Balaban J connectivity index is 2.02. The number of rotatable bonds is 6. The summed E-state index contributed by atoms with van der Waals surface area (Å²) in [6, 6.07) is 7.19. The highest BCUT2D eigenvalue weighted by Crippen LogP contribution is 2.12. The fourth-order valence-electron chi connectivity index (χ4n) is 1.75. The fourth-order valence-corrected chi connectivity index (χ4v) is 1.75. The number of aryl methyl sites for hydroxylation is 1. The number of imidazole rings is 1. The highest BCUT2D eigenvalue weighted by molar-refractivity contribution is 5.80. The molecule has 116 valence electrons. The molecular weight excluding hydrogens is 284 g/mol. The van der Waals surface area contributed by atoms with Crippen LogP contribution < -0.4 is 10.5 Å². The Labute approximate surface area is 128 Å². The monoisotopic (exact) mass is 302 g/mol. The molecule has 0 saturated heterocycles. The molecule has 1 aromatic carbocycles. The van der Waals surface area contributed by atoms with Crippen molar-refractivity contribution in [3.63, 3.8) is 0 Å². The molecule has 0 aliphatic heterocycles. The molecule has 0 aliphatic carbocycles. The highest BCUT2D eigenvalue weighted by Gasteiger charge is 2.03. The highest BCUT2D eigenvalue weighted by atomic mass is 16.6. The van der Waals surface area contributed by atoms with Gasteiger partial charge < -0.3 is 15.2 Å². The Hall–Kier alpha value is -2.83. The second-order valence-corrected chi connectivity index (χ2v) is 4.50. The fraction of sp³-hybridized carbons (Fsp3) is 0.267. The van der Waals surface area contributed by atoms with Crippen molar-refractivity contribution >= 4 is 18.1 Å². The number of hydrogen-bond acceptors (Lipinski definition) is 6. The molecule has 0 radical (unpaired) electrons. The van der Waals surface area contributed by atoms with Crippen LogP contribution in [0.15, 0.2) is 35.6 Å². The van der Waals surface area contributed by atoms with Gasteiger partial charge in [0, 0.05) is 0 Å². The van der Waals surface area contributed by atoms with Gasteiger partial charge in [0.25, 0.3) is 0 Å². The van der Waals surface area contributed by atoms with Crippen molar-refractivity contribution in [1.82, 2.24) is 9.66 Å². The Bertz CT molecular complexity index is 679. The molecule has 7 heteroatoms. The van der Waals surface area contributed by atoms with Gasteiger partial charge in [0.15, 0.2) is 6.61 Å². The van der Waals surface area contributed by atoms with E-state index in [-0.39, 0.29) is 6.61 Å². The average molecular weight is 302 g/mol. The summed E-state index contributed by atoms with van der Waals surface area (Å²) in [6.45, 7) is 3.80. The SMILES string of the molecule is CCOC(=O)COc1cccc(C=Nn2cc(C)nc2N)c1. The summed E-state index contributed by atoms with van der Waals surface area (Å²) in [7, 11) is 0. The van der Waals surface area contributed by atoms with Crippen molar-refractivity contribution in [2.24, 2.45) is 5.10 Å². The van der Waals surface area contributed by atoms with Crippen molar-refractivity contribution < 1.29 is 14.3 Å². The van der Waals surface area contributed by atoms with Crippen molar-refractivity contribution in [2.45, 2.75) is 13.8 Å². The van der Waals surface area contributed by atoms with Crippen LogP contribution >= 0.6 is 0 Å². The molecule has 2 aromatic rings. The van der Waals surface area contributed by atoms with E-state index in [1.54, 1.807) is 31.5 Å². The number of carbonyl (C=O) groups is 1. The van der Waals surface area contributed by atoms with Crippen LogP contribution in [0, 0.1) is 6.92 Å². The molecule has 0 amide bonds. The van der Waals surface area contributed by atoms with E-state index < -0.39 is 5.97 Å². The molecule has 0 fully saturated rings.